The van der Waals surface area contributed by atoms with Crippen molar-refractivity contribution in [1.29, 1.82) is 0 Å². The van der Waals surface area contributed by atoms with Gasteiger partial charge in [-0.15, -0.1) is 0 Å². The summed E-state index contributed by atoms with van der Waals surface area (Å²) in [6.45, 7) is 4.68. The van der Waals surface area contributed by atoms with Crippen LogP contribution in [0.15, 0.2) is 36.4 Å². The van der Waals surface area contributed by atoms with Crippen LogP contribution >= 0.6 is 0 Å². The van der Waals surface area contributed by atoms with E-state index in [1.54, 1.807) is 30.0 Å². The minimum atomic E-state index is -0.694. The highest BCUT2D eigenvalue weighted by Gasteiger charge is 2.17. The average Bonchev–Trinajstić information content (AvgIpc) is 2.59. The van der Waals surface area contributed by atoms with E-state index in [1.807, 2.05) is 6.92 Å². The summed E-state index contributed by atoms with van der Waals surface area (Å²) in [6, 6.07) is 9.09. The monoisotopic (exact) mass is 349 g/mol. The molecule has 0 aliphatic carbocycles. The predicted octanol–water partition coefficient (Wildman–Crippen LogP) is 4.14. The van der Waals surface area contributed by atoms with E-state index in [4.69, 9.17) is 10.5 Å². The summed E-state index contributed by atoms with van der Waals surface area (Å²) in [5.74, 6) is -0.949. The first kappa shape index (κ1) is 18.5. The zero-order valence-electron chi connectivity index (χ0n) is 14.2. The van der Waals surface area contributed by atoms with Crippen molar-refractivity contribution in [2.45, 2.75) is 20.4 Å². The molecule has 7 heteroatoms. The van der Waals surface area contributed by atoms with Gasteiger partial charge < -0.3 is 15.4 Å². The number of benzene rings is 2. The van der Waals surface area contributed by atoms with Crippen LogP contribution in [0.4, 0.5) is 30.6 Å². The third-order valence-electron chi connectivity index (χ3n) is 3.68. The van der Waals surface area contributed by atoms with E-state index in [-0.39, 0.29) is 23.8 Å². The summed E-state index contributed by atoms with van der Waals surface area (Å²) in [7, 11) is 0. The fourth-order valence-corrected chi connectivity index (χ4v) is 2.39. The van der Waals surface area contributed by atoms with Crippen molar-refractivity contribution in [1.82, 2.24) is 0 Å². The fourth-order valence-electron chi connectivity index (χ4n) is 2.39. The van der Waals surface area contributed by atoms with Gasteiger partial charge in [0.25, 0.3) is 0 Å². The molecule has 134 valence electrons. The number of carbonyl (C=O) groups excluding carboxylic acids is 1. The van der Waals surface area contributed by atoms with Crippen LogP contribution in [0.2, 0.25) is 0 Å². The molecule has 2 rings (SSSR count). The van der Waals surface area contributed by atoms with Crippen molar-refractivity contribution in [3.63, 3.8) is 0 Å². The third-order valence-corrected chi connectivity index (χ3v) is 3.68. The normalized spacial score (nSPS) is 10.4. The number of halogens is 2. The Labute approximate surface area is 145 Å². The summed E-state index contributed by atoms with van der Waals surface area (Å²) in [5, 5.41) is 2.41. The molecule has 0 fully saturated rings. The van der Waals surface area contributed by atoms with E-state index in [2.05, 4.69) is 5.32 Å². The van der Waals surface area contributed by atoms with Crippen LogP contribution in [-0.4, -0.2) is 19.2 Å². The maximum atomic E-state index is 14.7. The van der Waals surface area contributed by atoms with E-state index in [1.165, 1.54) is 18.2 Å². The van der Waals surface area contributed by atoms with Gasteiger partial charge in [0.15, 0.2) is 5.82 Å². The Kier molecular flexibility index (Phi) is 6.16. The summed E-state index contributed by atoms with van der Waals surface area (Å²) < 4.78 is 32.5. The van der Waals surface area contributed by atoms with Gasteiger partial charge in [-0.2, -0.15) is 0 Å². The van der Waals surface area contributed by atoms with E-state index in [9.17, 15) is 13.6 Å². The number of hydrogen-bond acceptors (Lipinski definition) is 4. The lowest BCUT2D eigenvalue weighted by Crippen LogP contribution is -2.24. The first-order valence-electron chi connectivity index (χ1n) is 7.97. The van der Waals surface area contributed by atoms with Crippen LogP contribution in [0.1, 0.15) is 19.4 Å². The van der Waals surface area contributed by atoms with Crippen LogP contribution in [0.25, 0.3) is 0 Å². The number of ether oxygens (including phenoxy) is 1. The number of carbonyl (C=O) groups is 1. The van der Waals surface area contributed by atoms with Gasteiger partial charge in [0.2, 0.25) is 0 Å². The van der Waals surface area contributed by atoms with E-state index >= 15 is 0 Å². The minimum absolute atomic E-state index is 0.150. The number of nitrogens with two attached hydrogens (primary N) is 1. The SMILES string of the molecule is CCOC(=O)Nc1ccc(N(CC)Cc2ccc(F)cc2)c(F)c1N. The lowest BCUT2D eigenvalue weighted by Gasteiger charge is -2.25. The first-order valence-corrected chi connectivity index (χ1v) is 7.97. The second kappa shape index (κ2) is 8.32. The molecule has 2 aromatic carbocycles. The highest BCUT2D eigenvalue weighted by Crippen LogP contribution is 2.31. The van der Waals surface area contributed by atoms with Gasteiger partial charge in [0, 0.05) is 13.1 Å². The van der Waals surface area contributed by atoms with Gasteiger partial charge in [0.05, 0.1) is 23.7 Å². The minimum Gasteiger partial charge on any atom is -0.450 e. The van der Waals surface area contributed by atoms with Crippen LogP contribution in [0.3, 0.4) is 0 Å². The van der Waals surface area contributed by atoms with Crippen molar-refractivity contribution in [2.24, 2.45) is 0 Å². The van der Waals surface area contributed by atoms with Crippen LogP contribution in [0, 0.1) is 11.6 Å². The van der Waals surface area contributed by atoms with Crippen molar-refractivity contribution in [3.8, 4) is 0 Å². The molecule has 25 heavy (non-hydrogen) atoms. The van der Waals surface area contributed by atoms with E-state index in [0.717, 1.165) is 5.56 Å². The lowest BCUT2D eigenvalue weighted by atomic mass is 10.1. The molecule has 0 radical (unpaired) electrons. The quantitative estimate of drug-likeness (QED) is 0.769. The number of hydrogen-bond donors (Lipinski definition) is 2. The molecule has 3 N–H and O–H groups in total. The standard InChI is InChI=1S/C18H21F2N3O2/c1-3-23(11-12-5-7-13(19)8-6-12)15-10-9-14(17(21)16(15)20)22-18(24)25-4-2/h5-10H,3-4,11,21H2,1-2H3,(H,22,24). The number of rotatable bonds is 6. The molecule has 0 bridgehead atoms. The first-order chi connectivity index (χ1) is 12.0. The molecule has 0 spiro atoms. The fraction of sp³-hybridized carbons (Fsp3) is 0.278. The van der Waals surface area contributed by atoms with Crippen LogP contribution in [-0.2, 0) is 11.3 Å². The molecular weight excluding hydrogens is 328 g/mol. The Morgan fingerprint density at radius 1 is 1.16 bits per heavy atom. The second-order valence-electron chi connectivity index (χ2n) is 5.35. The molecule has 5 nitrogen and oxygen atoms in total. The molecule has 0 aliphatic rings. The second-order valence-corrected chi connectivity index (χ2v) is 5.35. The van der Waals surface area contributed by atoms with Crippen molar-refractivity contribution in [3.05, 3.63) is 53.6 Å². The Hall–Kier alpha value is -2.83. The number of amides is 1. The summed E-state index contributed by atoms with van der Waals surface area (Å²) in [5.41, 5.74) is 6.95. The van der Waals surface area contributed by atoms with Crippen molar-refractivity contribution in [2.75, 3.05) is 29.1 Å². The van der Waals surface area contributed by atoms with Crippen molar-refractivity contribution >= 4 is 23.2 Å². The number of nitrogens with zero attached hydrogens (tertiary/aromatic N) is 1. The molecule has 0 aromatic heterocycles. The maximum absolute atomic E-state index is 14.7. The van der Waals surface area contributed by atoms with Crippen LogP contribution < -0.4 is 16.0 Å². The molecule has 0 heterocycles. The lowest BCUT2D eigenvalue weighted by molar-refractivity contribution is 0.168. The van der Waals surface area contributed by atoms with Crippen LogP contribution in [0.5, 0.6) is 0 Å². The Bertz CT molecular complexity index is 736. The summed E-state index contributed by atoms with van der Waals surface area (Å²) in [4.78, 5) is 13.2. The Morgan fingerprint density at radius 3 is 2.44 bits per heavy atom. The van der Waals surface area contributed by atoms with Gasteiger partial charge in [-0.25, -0.2) is 13.6 Å². The van der Waals surface area contributed by atoms with Crippen molar-refractivity contribution < 1.29 is 18.3 Å². The Morgan fingerprint density at radius 2 is 1.84 bits per heavy atom. The third kappa shape index (κ3) is 4.59. The maximum Gasteiger partial charge on any atom is 0.411 e. The highest BCUT2D eigenvalue weighted by molar-refractivity contribution is 5.90. The zero-order valence-corrected chi connectivity index (χ0v) is 14.2. The number of nitrogen functional groups attached to an aromatic ring is 1. The van der Waals surface area contributed by atoms with Gasteiger partial charge >= 0.3 is 6.09 Å². The molecule has 0 aliphatic heterocycles. The highest BCUT2D eigenvalue weighted by atomic mass is 19.1. The molecule has 0 saturated heterocycles. The molecule has 2 aromatic rings. The summed E-state index contributed by atoms with van der Waals surface area (Å²) in [6.07, 6.45) is -0.694. The number of anilines is 3. The zero-order chi connectivity index (χ0) is 18.4. The largest absolute Gasteiger partial charge is 0.450 e. The van der Waals surface area contributed by atoms with E-state index < -0.39 is 11.9 Å². The molecule has 1 amide bonds. The molecular formula is C18H21F2N3O2. The Balaban J connectivity index is 2.23. The van der Waals surface area contributed by atoms with Gasteiger partial charge in [-0.1, -0.05) is 12.1 Å². The molecule has 0 unspecified atom stereocenters. The topological polar surface area (TPSA) is 67.6 Å². The van der Waals surface area contributed by atoms with E-state index in [0.29, 0.717) is 18.8 Å². The number of nitrogens with one attached hydrogen (secondary N) is 1. The smallest absolute Gasteiger partial charge is 0.411 e. The van der Waals surface area contributed by atoms with Gasteiger partial charge in [-0.3, -0.25) is 5.32 Å². The molecule has 0 saturated carbocycles. The molecule has 0 atom stereocenters. The average molecular weight is 349 g/mol. The predicted molar refractivity (Wildman–Crippen MR) is 94.6 cm³/mol. The van der Waals surface area contributed by atoms with Gasteiger partial charge in [-0.05, 0) is 43.7 Å². The van der Waals surface area contributed by atoms with Gasteiger partial charge in [0.1, 0.15) is 5.82 Å². The summed E-state index contributed by atoms with van der Waals surface area (Å²) >= 11 is 0.